The molecule has 0 fully saturated rings. The molecule has 0 amide bonds. The zero-order chi connectivity index (χ0) is 32.7. The lowest BCUT2D eigenvalue weighted by atomic mass is 10.1. The van der Waals surface area contributed by atoms with Gasteiger partial charge in [-0.25, -0.2) is 18.8 Å². The fraction of sp³-hybridized carbons (Fsp3) is 0.194. The number of hydrogen-bond acceptors (Lipinski definition) is 12. The summed E-state index contributed by atoms with van der Waals surface area (Å²) in [6.07, 6.45) is 7.19. The maximum absolute atomic E-state index is 11.9. The molecular weight excluding hydrogens is 629 g/mol. The number of hydrogen-bond donors (Lipinski definition) is 2. The molecule has 3 N–H and O–H groups in total. The zero-order valence-corrected chi connectivity index (χ0v) is 27.1. The van der Waals surface area contributed by atoms with E-state index in [1.807, 2.05) is 58.2 Å². The maximum atomic E-state index is 11.9. The standard InChI is InChI=1S/C18H16N4O4S.C13H12N4OS/c1-4-25-18(24)15-16(23)20-17(27-15)11-5-6-22-13(7-11)12(8-19-22)14-9(2)21-26-10(14)3;1-7-12(8(2)18-16-7)10-6-15-17-4-3-9(13(14)19)5-11(10)17/h5-8,23H,4H2,1-3H3;3-6H,1-2H3,(H2,14,19). The first-order valence-electron chi connectivity index (χ1n) is 14.1. The Labute approximate surface area is 271 Å². The van der Waals surface area contributed by atoms with Crippen molar-refractivity contribution in [1.29, 1.82) is 0 Å². The summed E-state index contributed by atoms with van der Waals surface area (Å²) in [6, 6.07) is 7.50. The van der Waals surface area contributed by atoms with Crippen molar-refractivity contribution in [3.63, 3.8) is 0 Å². The van der Waals surface area contributed by atoms with Gasteiger partial charge in [-0.1, -0.05) is 22.5 Å². The van der Waals surface area contributed by atoms with E-state index in [9.17, 15) is 9.90 Å². The highest BCUT2D eigenvalue weighted by Gasteiger charge is 2.22. The van der Waals surface area contributed by atoms with Crippen molar-refractivity contribution in [2.24, 2.45) is 5.73 Å². The van der Waals surface area contributed by atoms with Crippen LogP contribution in [0.15, 0.2) is 58.1 Å². The molecule has 0 bridgehead atoms. The number of nitrogens with zero attached hydrogens (tertiary/aromatic N) is 7. The minimum atomic E-state index is -0.583. The van der Waals surface area contributed by atoms with Crippen molar-refractivity contribution < 1.29 is 23.7 Å². The van der Waals surface area contributed by atoms with Crippen LogP contribution in [0.4, 0.5) is 0 Å². The van der Waals surface area contributed by atoms with Crippen LogP contribution >= 0.6 is 23.6 Å². The Morgan fingerprint density at radius 1 is 0.957 bits per heavy atom. The molecule has 0 aliphatic heterocycles. The third-order valence-corrected chi connectivity index (χ3v) is 8.56. The van der Waals surface area contributed by atoms with Crippen molar-refractivity contribution in [2.45, 2.75) is 34.6 Å². The number of carbonyl (C=O) groups is 1. The van der Waals surface area contributed by atoms with Crippen molar-refractivity contribution in [3.05, 3.63) is 82.4 Å². The second-order valence-electron chi connectivity index (χ2n) is 10.3. The van der Waals surface area contributed by atoms with Gasteiger partial charge in [0.2, 0.25) is 5.88 Å². The minimum absolute atomic E-state index is 0.0891. The first-order chi connectivity index (χ1) is 22.1. The Balaban J connectivity index is 0.000000172. The number of carbonyl (C=O) groups excluding carboxylic acids is 1. The molecule has 234 valence electrons. The number of rotatable bonds is 6. The highest BCUT2D eigenvalue weighted by Crippen LogP contribution is 2.36. The third kappa shape index (κ3) is 5.50. The summed E-state index contributed by atoms with van der Waals surface area (Å²) in [5.41, 5.74) is 14.4. The van der Waals surface area contributed by atoms with E-state index in [1.54, 1.807) is 34.5 Å². The molecule has 0 aromatic carbocycles. The Morgan fingerprint density at radius 3 is 2.04 bits per heavy atom. The van der Waals surface area contributed by atoms with Gasteiger partial charge in [-0.15, -0.1) is 11.3 Å². The van der Waals surface area contributed by atoms with Crippen molar-refractivity contribution in [2.75, 3.05) is 6.61 Å². The molecule has 7 aromatic rings. The lowest BCUT2D eigenvalue weighted by Gasteiger charge is -2.01. The zero-order valence-electron chi connectivity index (χ0n) is 25.4. The lowest BCUT2D eigenvalue weighted by molar-refractivity contribution is 0.0528. The molecule has 13 nitrogen and oxygen atoms in total. The van der Waals surface area contributed by atoms with Gasteiger partial charge in [0.15, 0.2) is 4.88 Å². The van der Waals surface area contributed by atoms with E-state index in [1.165, 1.54) is 0 Å². The summed E-state index contributed by atoms with van der Waals surface area (Å²) in [6.45, 7) is 9.47. The number of ether oxygens (including phenoxy) is 1. The van der Waals surface area contributed by atoms with E-state index < -0.39 is 5.97 Å². The average Bonchev–Trinajstić information content (AvgIpc) is 3.85. The van der Waals surface area contributed by atoms with Crippen LogP contribution in [0.1, 0.15) is 45.1 Å². The predicted molar refractivity (Wildman–Crippen MR) is 175 cm³/mol. The molecule has 0 aliphatic rings. The van der Waals surface area contributed by atoms with Gasteiger partial charge >= 0.3 is 5.97 Å². The fourth-order valence-electron chi connectivity index (χ4n) is 5.13. The summed E-state index contributed by atoms with van der Waals surface area (Å²) < 4.78 is 18.9. The number of aromatic nitrogens is 7. The molecule has 0 atom stereocenters. The molecule has 7 rings (SSSR count). The SMILES string of the molecule is CCOC(=O)c1sc(-c2ccn3ncc(-c4c(C)noc4C)c3c2)nc1O.Cc1noc(C)c1-c1cnn2ccc(C(N)=S)cc12. The van der Waals surface area contributed by atoms with E-state index in [0.29, 0.717) is 15.8 Å². The second-order valence-corrected chi connectivity index (χ2v) is 11.7. The second kappa shape index (κ2) is 12.2. The highest BCUT2D eigenvalue weighted by molar-refractivity contribution is 7.80. The number of esters is 1. The number of thiocarbonyl (C=S) groups is 1. The van der Waals surface area contributed by atoms with Crippen LogP contribution in [-0.4, -0.2) is 57.2 Å². The summed E-state index contributed by atoms with van der Waals surface area (Å²) in [5.74, 6) is 0.575. The van der Waals surface area contributed by atoms with E-state index >= 15 is 0 Å². The number of nitrogens with two attached hydrogens (primary N) is 1. The Morgan fingerprint density at radius 2 is 1.52 bits per heavy atom. The monoisotopic (exact) mass is 656 g/mol. The van der Waals surface area contributed by atoms with Gasteiger partial charge < -0.3 is 24.6 Å². The number of pyridine rings is 2. The largest absolute Gasteiger partial charge is 0.492 e. The van der Waals surface area contributed by atoms with Crippen molar-refractivity contribution in [1.82, 2.24) is 34.5 Å². The van der Waals surface area contributed by atoms with Crippen LogP contribution in [0.2, 0.25) is 0 Å². The number of aryl methyl sites for hydroxylation is 4. The molecule has 46 heavy (non-hydrogen) atoms. The topological polar surface area (TPSA) is 172 Å². The average molecular weight is 657 g/mol. The van der Waals surface area contributed by atoms with Crippen LogP contribution in [0.25, 0.3) is 43.9 Å². The molecule has 0 saturated heterocycles. The first-order valence-corrected chi connectivity index (χ1v) is 15.3. The quantitative estimate of drug-likeness (QED) is 0.162. The van der Waals surface area contributed by atoms with Gasteiger partial charge in [0.05, 0.1) is 52.5 Å². The van der Waals surface area contributed by atoms with Gasteiger partial charge in [-0.05, 0) is 58.9 Å². The van der Waals surface area contributed by atoms with Crippen LogP contribution < -0.4 is 5.73 Å². The van der Waals surface area contributed by atoms with Gasteiger partial charge in [-0.2, -0.15) is 10.2 Å². The van der Waals surface area contributed by atoms with Gasteiger partial charge in [0.1, 0.15) is 21.5 Å². The van der Waals surface area contributed by atoms with E-state index in [0.717, 1.165) is 72.9 Å². The van der Waals surface area contributed by atoms with Crippen molar-refractivity contribution in [3.8, 4) is 38.7 Å². The molecule has 7 aromatic heterocycles. The molecule has 0 aliphatic carbocycles. The van der Waals surface area contributed by atoms with Crippen molar-refractivity contribution >= 4 is 45.5 Å². The Kier molecular flexibility index (Phi) is 8.10. The predicted octanol–water partition coefficient (Wildman–Crippen LogP) is 5.85. The summed E-state index contributed by atoms with van der Waals surface area (Å²) in [7, 11) is 0. The molecular formula is C31H28N8O5S2. The molecule has 0 spiro atoms. The third-order valence-electron chi connectivity index (χ3n) is 7.25. The number of fused-ring (bicyclic) bond motifs is 2. The Bertz CT molecular complexity index is 2220. The van der Waals surface area contributed by atoms with Gasteiger partial charge in [0, 0.05) is 34.6 Å². The smallest absolute Gasteiger partial charge is 0.353 e. The molecule has 7 heterocycles. The number of thiazole rings is 1. The van der Waals surface area contributed by atoms with Crippen LogP contribution in [0.5, 0.6) is 5.88 Å². The molecule has 0 radical (unpaired) electrons. The lowest BCUT2D eigenvalue weighted by Crippen LogP contribution is -2.09. The highest BCUT2D eigenvalue weighted by atomic mass is 32.1. The van der Waals surface area contributed by atoms with E-state index in [4.69, 9.17) is 31.7 Å². The van der Waals surface area contributed by atoms with Crippen LogP contribution in [-0.2, 0) is 4.74 Å². The maximum Gasteiger partial charge on any atom is 0.353 e. The summed E-state index contributed by atoms with van der Waals surface area (Å²) in [5, 5.41) is 27.2. The normalized spacial score (nSPS) is 11.2. The fourth-order valence-corrected chi connectivity index (χ4v) is 6.11. The van der Waals surface area contributed by atoms with E-state index in [-0.39, 0.29) is 17.4 Å². The molecule has 0 saturated carbocycles. The Hall–Kier alpha value is -5.41. The summed E-state index contributed by atoms with van der Waals surface area (Å²) >= 11 is 6.10. The van der Waals surface area contributed by atoms with Gasteiger partial charge in [0.25, 0.3) is 0 Å². The number of aromatic hydroxyl groups is 1. The molecule has 0 unspecified atom stereocenters. The minimum Gasteiger partial charge on any atom is -0.492 e. The van der Waals surface area contributed by atoms with Crippen LogP contribution in [0, 0.1) is 27.7 Å². The van der Waals surface area contributed by atoms with E-state index in [2.05, 4.69) is 25.5 Å². The van der Waals surface area contributed by atoms with Crippen LogP contribution in [0.3, 0.4) is 0 Å². The first kappa shape index (κ1) is 30.6. The summed E-state index contributed by atoms with van der Waals surface area (Å²) in [4.78, 5) is 16.5. The molecule has 15 heteroatoms. The van der Waals surface area contributed by atoms with Gasteiger partial charge in [-0.3, -0.25) is 0 Å².